The van der Waals surface area contributed by atoms with Gasteiger partial charge in [-0.2, -0.15) is 0 Å². The van der Waals surface area contributed by atoms with Crippen LogP contribution in [0.25, 0.3) is 0 Å². The van der Waals surface area contributed by atoms with Crippen molar-refractivity contribution in [1.82, 2.24) is 0 Å². The predicted octanol–water partition coefficient (Wildman–Crippen LogP) is 3.04. The van der Waals surface area contributed by atoms with Crippen LogP contribution in [-0.2, 0) is 4.79 Å². The van der Waals surface area contributed by atoms with Gasteiger partial charge in [0.05, 0.1) is 6.42 Å². The van der Waals surface area contributed by atoms with Crippen molar-refractivity contribution < 1.29 is 14.7 Å². The number of amides is 1. The third-order valence-electron chi connectivity index (χ3n) is 2.26. The van der Waals surface area contributed by atoms with Crippen LogP contribution in [0.4, 0.5) is 10.5 Å². The summed E-state index contributed by atoms with van der Waals surface area (Å²) >= 11 is 0.986. The summed E-state index contributed by atoms with van der Waals surface area (Å²) in [5.74, 6) is -0.607. The van der Waals surface area contributed by atoms with E-state index in [1.807, 2.05) is 32.0 Å². The Morgan fingerprint density at radius 3 is 2.41 bits per heavy atom. The van der Waals surface area contributed by atoms with E-state index in [1.54, 1.807) is 0 Å². The van der Waals surface area contributed by atoms with Crippen LogP contribution in [0.2, 0.25) is 0 Å². The number of rotatable bonds is 4. The average Bonchev–Trinajstić information content (AvgIpc) is 2.23. The molecule has 0 radical (unpaired) electrons. The maximum absolute atomic E-state index is 11.6. The fourth-order valence-electron chi connectivity index (χ4n) is 1.38. The lowest BCUT2D eigenvalue weighted by Gasteiger charge is -2.10. The van der Waals surface area contributed by atoms with E-state index in [1.165, 1.54) is 0 Å². The number of aryl methyl sites for hydroxylation is 2. The quantitative estimate of drug-likeness (QED) is 0.865. The largest absolute Gasteiger partial charge is 0.481 e. The number of carboxylic acids is 1. The molecule has 0 aromatic heterocycles. The fourth-order valence-corrected chi connectivity index (χ4v) is 2.02. The van der Waals surface area contributed by atoms with Crippen molar-refractivity contribution in [2.24, 2.45) is 0 Å². The number of para-hydroxylation sites is 1. The van der Waals surface area contributed by atoms with Crippen molar-refractivity contribution in [1.29, 1.82) is 0 Å². The number of hydrogen-bond acceptors (Lipinski definition) is 3. The number of nitrogens with one attached hydrogen (secondary N) is 1. The van der Waals surface area contributed by atoms with Gasteiger partial charge in [0, 0.05) is 11.4 Å². The third kappa shape index (κ3) is 4.48. The number of anilines is 1. The van der Waals surface area contributed by atoms with E-state index in [4.69, 9.17) is 5.11 Å². The average molecular weight is 253 g/mol. The van der Waals surface area contributed by atoms with Crippen LogP contribution >= 0.6 is 11.8 Å². The number of aliphatic carboxylic acids is 1. The fraction of sp³-hybridized carbons (Fsp3) is 0.333. The van der Waals surface area contributed by atoms with E-state index in [-0.39, 0.29) is 17.4 Å². The zero-order valence-electron chi connectivity index (χ0n) is 9.82. The molecule has 0 atom stereocenters. The van der Waals surface area contributed by atoms with Crippen LogP contribution in [0, 0.1) is 13.8 Å². The van der Waals surface area contributed by atoms with Gasteiger partial charge >= 0.3 is 5.97 Å². The second kappa shape index (κ2) is 6.30. The maximum atomic E-state index is 11.6. The molecule has 5 heteroatoms. The number of carboxylic acid groups (broad SMARTS) is 1. The van der Waals surface area contributed by atoms with Crippen molar-refractivity contribution in [2.45, 2.75) is 20.3 Å². The molecule has 0 aliphatic carbocycles. The second-order valence-corrected chi connectivity index (χ2v) is 4.74. The summed E-state index contributed by atoms with van der Waals surface area (Å²) in [5.41, 5.74) is 2.80. The first-order chi connectivity index (χ1) is 8.00. The van der Waals surface area contributed by atoms with E-state index in [0.717, 1.165) is 28.6 Å². The van der Waals surface area contributed by atoms with Gasteiger partial charge in [0.25, 0.3) is 5.24 Å². The maximum Gasteiger partial charge on any atom is 0.304 e. The van der Waals surface area contributed by atoms with Crippen LogP contribution < -0.4 is 5.32 Å². The minimum Gasteiger partial charge on any atom is -0.481 e. The second-order valence-electron chi connectivity index (χ2n) is 3.67. The zero-order valence-corrected chi connectivity index (χ0v) is 10.6. The molecule has 0 saturated heterocycles. The molecule has 0 aliphatic rings. The summed E-state index contributed by atoms with van der Waals surface area (Å²) in [7, 11) is 0. The molecular weight excluding hydrogens is 238 g/mol. The molecule has 0 bridgehead atoms. The molecule has 0 heterocycles. The SMILES string of the molecule is Cc1cccc(C)c1NC(=O)SCCC(=O)O. The number of carbonyl (C=O) groups is 2. The molecule has 0 saturated carbocycles. The first kappa shape index (κ1) is 13.6. The number of hydrogen-bond donors (Lipinski definition) is 2. The Bertz CT molecular complexity index is 412. The lowest BCUT2D eigenvalue weighted by atomic mass is 10.1. The number of benzene rings is 1. The molecule has 0 unspecified atom stereocenters. The molecule has 17 heavy (non-hydrogen) atoms. The van der Waals surface area contributed by atoms with Gasteiger partial charge in [-0.15, -0.1) is 0 Å². The Morgan fingerprint density at radius 2 is 1.88 bits per heavy atom. The Kier molecular flexibility index (Phi) is 5.03. The van der Waals surface area contributed by atoms with Gasteiger partial charge in [-0.25, -0.2) is 0 Å². The topological polar surface area (TPSA) is 66.4 Å². The van der Waals surface area contributed by atoms with E-state index >= 15 is 0 Å². The standard InChI is InChI=1S/C12H15NO3S/c1-8-4-3-5-9(2)11(8)13-12(16)17-7-6-10(14)15/h3-5H,6-7H2,1-2H3,(H,13,16)(H,14,15). The molecule has 4 nitrogen and oxygen atoms in total. The van der Waals surface area contributed by atoms with Crippen molar-refractivity contribution >= 4 is 28.7 Å². The van der Waals surface area contributed by atoms with Crippen LogP contribution in [-0.4, -0.2) is 22.1 Å². The molecular formula is C12H15NO3S. The van der Waals surface area contributed by atoms with E-state index < -0.39 is 5.97 Å². The Hall–Kier alpha value is -1.49. The van der Waals surface area contributed by atoms with Gasteiger partial charge in [-0.1, -0.05) is 30.0 Å². The normalized spacial score (nSPS) is 10.0. The van der Waals surface area contributed by atoms with Crippen LogP contribution in [0.1, 0.15) is 17.5 Å². The van der Waals surface area contributed by atoms with Crippen molar-refractivity contribution in [2.75, 3.05) is 11.1 Å². The Morgan fingerprint density at radius 1 is 1.29 bits per heavy atom. The highest BCUT2D eigenvalue weighted by atomic mass is 32.2. The lowest BCUT2D eigenvalue weighted by Crippen LogP contribution is -2.09. The highest BCUT2D eigenvalue weighted by Crippen LogP contribution is 2.21. The highest BCUT2D eigenvalue weighted by molar-refractivity contribution is 8.13. The molecule has 1 rings (SSSR count). The Labute approximate surface area is 104 Å². The van der Waals surface area contributed by atoms with Gasteiger partial charge in [-0.05, 0) is 25.0 Å². The van der Waals surface area contributed by atoms with Gasteiger partial charge in [-0.3, -0.25) is 9.59 Å². The molecule has 1 aromatic rings. The molecule has 0 spiro atoms. The van der Waals surface area contributed by atoms with Crippen LogP contribution in [0.3, 0.4) is 0 Å². The van der Waals surface area contributed by atoms with Gasteiger partial charge in [0.15, 0.2) is 0 Å². The van der Waals surface area contributed by atoms with Crippen molar-refractivity contribution in [3.05, 3.63) is 29.3 Å². The lowest BCUT2D eigenvalue weighted by molar-refractivity contribution is -0.136. The minimum atomic E-state index is -0.891. The summed E-state index contributed by atoms with van der Waals surface area (Å²) in [6.45, 7) is 3.84. The molecule has 1 aromatic carbocycles. The summed E-state index contributed by atoms with van der Waals surface area (Å²) in [6.07, 6.45) is -0.00909. The minimum absolute atomic E-state index is 0.00909. The summed E-state index contributed by atoms with van der Waals surface area (Å²) in [4.78, 5) is 21.9. The molecule has 0 aliphatic heterocycles. The van der Waals surface area contributed by atoms with E-state index in [2.05, 4.69) is 5.32 Å². The number of carbonyl (C=O) groups excluding carboxylic acids is 1. The predicted molar refractivity (Wildman–Crippen MR) is 69.6 cm³/mol. The van der Waals surface area contributed by atoms with E-state index in [9.17, 15) is 9.59 Å². The Balaban J connectivity index is 2.53. The van der Waals surface area contributed by atoms with Crippen LogP contribution in [0.5, 0.6) is 0 Å². The van der Waals surface area contributed by atoms with Gasteiger partial charge in [0.2, 0.25) is 0 Å². The smallest absolute Gasteiger partial charge is 0.304 e. The number of thioether (sulfide) groups is 1. The van der Waals surface area contributed by atoms with Crippen molar-refractivity contribution in [3.63, 3.8) is 0 Å². The monoisotopic (exact) mass is 253 g/mol. The molecule has 0 fully saturated rings. The zero-order chi connectivity index (χ0) is 12.8. The summed E-state index contributed by atoms with van der Waals surface area (Å²) < 4.78 is 0. The first-order valence-corrected chi connectivity index (χ1v) is 6.21. The first-order valence-electron chi connectivity index (χ1n) is 5.22. The summed E-state index contributed by atoms with van der Waals surface area (Å²) in [6, 6.07) is 5.77. The van der Waals surface area contributed by atoms with Gasteiger partial charge < -0.3 is 10.4 Å². The molecule has 2 N–H and O–H groups in total. The van der Waals surface area contributed by atoms with Crippen molar-refractivity contribution in [3.8, 4) is 0 Å². The molecule has 1 amide bonds. The van der Waals surface area contributed by atoms with Gasteiger partial charge in [0.1, 0.15) is 0 Å². The van der Waals surface area contributed by atoms with E-state index in [0.29, 0.717) is 0 Å². The summed E-state index contributed by atoms with van der Waals surface area (Å²) in [5, 5.41) is 11.0. The van der Waals surface area contributed by atoms with Crippen LogP contribution in [0.15, 0.2) is 18.2 Å². The highest BCUT2D eigenvalue weighted by Gasteiger charge is 2.08. The third-order valence-corrected chi connectivity index (χ3v) is 3.03. The molecule has 92 valence electrons.